The molecule has 22 heavy (non-hydrogen) atoms. The number of hydrogen-bond acceptors (Lipinski definition) is 2. The van der Waals surface area contributed by atoms with Crippen molar-refractivity contribution in [2.24, 2.45) is 5.41 Å². The summed E-state index contributed by atoms with van der Waals surface area (Å²) in [7, 11) is 0. The van der Waals surface area contributed by atoms with E-state index in [1.54, 1.807) is 0 Å². The summed E-state index contributed by atoms with van der Waals surface area (Å²) in [4.78, 5) is 16.9. The van der Waals surface area contributed by atoms with Crippen LogP contribution in [0.5, 0.6) is 0 Å². The quantitative estimate of drug-likeness (QED) is 0.853. The van der Waals surface area contributed by atoms with Crippen LogP contribution in [0.1, 0.15) is 44.7 Å². The molecule has 1 amide bonds. The highest BCUT2D eigenvalue weighted by atomic mass is 16.2. The predicted octanol–water partition coefficient (Wildman–Crippen LogP) is 3.47. The van der Waals surface area contributed by atoms with Gasteiger partial charge in [-0.15, -0.1) is 0 Å². The molecule has 0 unspecified atom stereocenters. The molecule has 1 aliphatic heterocycles. The van der Waals surface area contributed by atoms with Crippen LogP contribution in [0.2, 0.25) is 0 Å². The summed E-state index contributed by atoms with van der Waals surface area (Å²) in [5.74, 6) is 0.310. The van der Waals surface area contributed by atoms with E-state index in [2.05, 4.69) is 61.8 Å². The molecule has 0 atom stereocenters. The van der Waals surface area contributed by atoms with Gasteiger partial charge in [-0.05, 0) is 24.3 Å². The number of amides is 1. The van der Waals surface area contributed by atoms with Crippen molar-refractivity contribution in [3.63, 3.8) is 0 Å². The molecular formula is C19H30N2O. The van der Waals surface area contributed by atoms with E-state index in [0.717, 1.165) is 39.1 Å². The van der Waals surface area contributed by atoms with Crippen LogP contribution >= 0.6 is 0 Å². The second-order valence-corrected chi connectivity index (χ2v) is 7.73. The monoisotopic (exact) mass is 302 g/mol. The molecule has 3 heteroatoms. The zero-order chi connectivity index (χ0) is 16.2. The maximum Gasteiger partial charge on any atom is 0.223 e. The lowest BCUT2D eigenvalue weighted by Crippen LogP contribution is -2.36. The van der Waals surface area contributed by atoms with Gasteiger partial charge in [0.15, 0.2) is 0 Å². The summed E-state index contributed by atoms with van der Waals surface area (Å²) in [5.41, 5.74) is 2.74. The first-order valence-corrected chi connectivity index (χ1v) is 8.39. The largest absolute Gasteiger partial charge is 0.341 e. The number of carbonyl (C=O) groups is 1. The van der Waals surface area contributed by atoms with Gasteiger partial charge in [-0.2, -0.15) is 0 Å². The first kappa shape index (κ1) is 17.0. The lowest BCUT2D eigenvalue weighted by molar-refractivity contribution is -0.132. The third-order valence-corrected chi connectivity index (χ3v) is 4.15. The number of rotatable bonds is 3. The third-order valence-electron chi connectivity index (χ3n) is 4.15. The number of nitrogens with zero attached hydrogens (tertiary/aromatic N) is 2. The molecule has 3 nitrogen and oxygen atoms in total. The average Bonchev–Trinajstić information content (AvgIpc) is 2.65. The highest BCUT2D eigenvalue weighted by molar-refractivity contribution is 5.76. The van der Waals surface area contributed by atoms with Crippen molar-refractivity contribution >= 4 is 5.91 Å². The van der Waals surface area contributed by atoms with Crippen molar-refractivity contribution < 1.29 is 4.79 Å². The summed E-state index contributed by atoms with van der Waals surface area (Å²) >= 11 is 0. The van der Waals surface area contributed by atoms with E-state index in [1.165, 1.54) is 11.1 Å². The Labute approximate surface area is 135 Å². The minimum Gasteiger partial charge on any atom is -0.341 e. The number of hydrogen-bond donors (Lipinski definition) is 0. The first-order valence-electron chi connectivity index (χ1n) is 8.39. The molecule has 0 bridgehead atoms. The molecule has 0 radical (unpaired) electrons. The van der Waals surface area contributed by atoms with Gasteiger partial charge in [0.05, 0.1) is 0 Å². The highest BCUT2D eigenvalue weighted by Crippen LogP contribution is 2.20. The van der Waals surface area contributed by atoms with Gasteiger partial charge in [-0.25, -0.2) is 0 Å². The van der Waals surface area contributed by atoms with E-state index < -0.39 is 0 Å². The molecule has 1 heterocycles. The molecule has 0 aliphatic carbocycles. The third kappa shape index (κ3) is 5.45. The zero-order valence-corrected chi connectivity index (χ0v) is 14.6. The van der Waals surface area contributed by atoms with Gasteiger partial charge in [-0.1, -0.05) is 50.6 Å². The summed E-state index contributed by atoms with van der Waals surface area (Å²) in [6.45, 7) is 13.3. The van der Waals surface area contributed by atoms with Crippen molar-refractivity contribution in [2.45, 2.75) is 47.1 Å². The Morgan fingerprint density at radius 2 is 1.73 bits per heavy atom. The smallest absolute Gasteiger partial charge is 0.223 e. The molecule has 0 saturated carbocycles. The highest BCUT2D eigenvalue weighted by Gasteiger charge is 2.23. The average molecular weight is 302 g/mol. The van der Waals surface area contributed by atoms with Crippen LogP contribution in [0.15, 0.2) is 24.3 Å². The fourth-order valence-corrected chi connectivity index (χ4v) is 2.90. The Kier molecular flexibility index (Phi) is 5.63. The minimum absolute atomic E-state index is 0.0744. The molecule has 122 valence electrons. The maximum absolute atomic E-state index is 12.4. The van der Waals surface area contributed by atoms with Crippen molar-refractivity contribution in [1.29, 1.82) is 0 Å². The van der Waals surface area contributed by atoms with Gasteiger partial charge in [-0.3, -0.25) is 9.69 Å². The van der Waals surface area contributed by atoms with E-state index in [-0.39, 0.29) is 5.41 Å². The molecule has 1 aromatic rings. The fraction of sp³-hybridized carbons (Fsp3) is 0.632. The van der Waals surface area contributed by atoms with E-state index in [1.807, 2.05) is 0 Å². The molecule has 1 fully saturated rings. The van der Waals surface area contributed by atoms with Crippen LogP contribution < -0.4 is 0 Å². The van der Waals surface area contributed by atoms with Gasteiger partial charge < -0.3 is 4.90 Å². The van der Waals surface area contributed by atoms with Crippen LogP contribution in [-0.2, 0) is 11.3 Å². The number of carbonyl (C=O) groups excluding carboxylic acids is 1. The van der Waals surface area contributed by atoms with Crippen LogP contribution in [-0.4, -0.2) is 41.9 Å². The number of benzene rings is 1. The first-order chi connectivity index (χ1) is 10.3. The molecule has 2 rings (SSSR count). The Morgan fingerprint density at radius 1 is 1.05 bits per heavy atom. The van der Waals surface area contributed by atoms with Crippen LogP contribution in [0, 0.1) is 12.3 Å². The van der Waals surface area contributed by atoms with E-state index in [4.69, 9.17) is 0 Å². The zero-order valence-electron chi connectivity index (χ0n) is 14.6. The van der Waals surface area contributed by atoms with Crippen molar-refractivity contribution in [1.82, 2.24) is 9.80 Å². The fourth-order valence-electron chi connectivity index (χ4n) is 2.90. The summed E-state index contributed by atoms with van der Waals surface area (Å²) in [6, 6.07) is 8.77. The molecular weight excluding hydrogens is 272 g/mol. The molecule has 1 aliphatic rings. The molecule has 1 aromatic carbocycles. The normalized spacial score (nSPS) is 17.4. The van der Waals surface area contributed by atoms with Gasteiger partial charge >= 0.3 is 0 Å². The standard InChI is InChI=1S/C19H30N2O/c1-16-6-8-17(9-7-16)15-20-10-5-11-21(13-12-20)18(22)14-19(2,3)4/h6-9H,5,10-15H2,1-4H3. The van der Waals surface area contributed by atoms with Gasteiger partial charge in [0, 0.05) is 39.1 Å². The number of aryl methyl sites for hydroxylation is 1. The predicted molar refractivity (Wildman–Crippen MR) is 91.7 cm³/mol. The lowest BCUT2D eigenvalue weighted by atomic mass is 9.91. The molecule has 0 spiro atoms. The molecule has 1 saturated heterocycles. The lowest BCUT2D eigenvalue weighted by Gasteiger charge is -2.25. The van der Waals surface area contributed by atoms with Crippen molar-refractivity contribution in [3.8, 4) is 0 Å². The molecule has 0 aromatic heterocycles. The Balaban J connectivity index is 1.87. The van der Waals surface area contributed by atoms with E-state index in [0.29, 0.717) is 12.3 Å². The summed E-state index contributed by atoms with van der Waals surface area (Å²) in [5, 5.41) is 0. The summed E-state index contributed by atoms with van der Waals surface area (Å²) < 4.78 is 0. The topological polar surface area (TPSA) is 23.6 Å². The van der Waals surface area contributed by atoms with Crippen molar-refractivity contribution in [3.05, 3.63) is 35.4 Å². The van der Waals surface area contributed by atoms with Gasteiger partial charge in [0.2, 0.25) is 5.91 Å². The maximum atomic E-state index is 12.4. The van der Waals surface area contributed by atoms with E-state index in [9.17, 15) is 4.79 Å². The Morgan fingerprint density at radius 3 is 2.36 bits per heavy atom. The van der Waals surface area contributed by atoms with E-state index >= 15 is 0 Å². The Bertz CT molecular complexity index is 487. The second kappa shape index (κ2) is 7.28. The van der Waals surface area contributed by atoms with Crippen LogP contribution in [0.4, 0.5) is 0 Å². The molecule has 0 N–H and O–H groups in total. The summed E-state index contributed by atoms with van der Waals surface area (Å²) in [6.07, 6.45) is 1.71. The SMILES string of the molecule is Cc1ccc(CN2CCCN(C(=O)CC(C)(C)C)CC2)cc1. The van der Waals surface area contributed by atoms with Crippen molar-refractivity contribution in [2.75, 3.05) is 26.2 Å². The van der Waals surface area contributed by atoms with Crippen LogP contribution in [0.25, 0.3) is 0 Å². The Hall–Kier alpha value is -1.35. The van der Waals surface area contributed by atoms with Gasteiger partial charge in [0.25, 0.3) is 0 Å². The van der Waals surface area contributed by atoms with Crippen LogP contribution in [0.3, 0.4) is 0 Å². The van der Waals surface area contributed by atoms with Gasteiger partial charge in [0.1, 0.15) is 0 Å². The second-order valence-electron chi connectivity index (χ2n) is 7.73. The minimum atomic E-state index is 0.0744.